The van der Waals surface area contributed by atoms with Crippen LogP contribution in [0.4, 0.5) is 5.82 Å². The molecule has 1 aromatic heterocycles. The van der Waals surface area contributed by atoms with Crippen molar-refractivity contribution in [1.29, 1.82) is 0 Å². The number of aryl methyl sites for hydroxylation is 1. The molecule has 1 unspecified atom stereocenters. The highest BCUT2D eigenvalue weighted by atomic mass is 16.5. The number of ether oxygens (including phenoxy) is 1. The van der Waals surface area contributed by atoms with Crippen LogP contribution in [0.5, 0.6) is 6.01 Å². The van der Waals surface area contributed by atoms with E-state index in [1.807, 2.05) is 0 Å². The lowest BCUT2D eigenvalue weighted by atomic mass is 10.2. The Hall–Kier alpha value is -1.69. The molecular weight excluding hydrogens is 208 g/mol. The number of hydrogen-bond acceptors (Lipinski definition) is 5. The molecule has 6 nitrogen and oxygen atoms in total. The van der Waals surface area contributed by atoms with Gasteiger partial charge in [-0.15, -0.1) is 0 Å². The van der Waals surface area contributed by atoms with Gasteiger partial charge in [-0.1, -0.05) is 6.92 Å². The average Bonchev–Trinajstić information content (AvgIpc) is 2.26. The van der Waals surface area contributed by atoms with Crippen molar-refractivity contribution in [2.75, 3.05) is 19.0 Å². The maximum Gasteiger partial charge on any atom is 0.318 e. The summed E-state index contributed by atoms with van der Waals surface area (Å²) in [4.78, 5) is 19.6. The quantitative estimate of drug-likeness (QED) is 0.769. The smallest absolute Gasteiger partial charge is 0.318 e. The lowest BCUT2D eigenvalue weighted by molar-refractivity contribution is -0.119. The summed E-state index contributed by atoms with van der Waals surface area (Å²) >= 11 is 0. The largest absolute Gasteiger partial charge is 0.467 e. The normalized spacial score (nSPS) is 12.0. The molecule has 0 fully saturated rings. The van der Waals surface area contributed by atoms with Gasteiger partial charge in [0.2, 0.25) is 5.91 Å². The summed E-state index contributed by atoms with van der Waals surface area (Å²) in [5, 5.41) is 2.66. The highest BCUT2D eigenvalue weighted by Gasteiger charge is 2.12. The molecule has 1 rings (SSSR count). The van der Waals surface area contributed by atoms with Crippen molar-refractivity contribution in [1.82, 2.24) is 9.97 Å². The maximum absolute atomic E-state index is 11.6. The van der Waals surface area contributed by atoms with E-state index in [2.05, 4.69) is 15.3 Å². The molecule has 16 heavy (non-hydrogen) atoms. The molecule has 0 spiro atoms. The Balaban J connectivity index is 2.81. The third-order valence-corrected chi connectivity index (χ3v) is 2.07. The summed E-state index contributed by atoms with van der Waals surface area (Å²) in [6.45, 7) is 3.85. The standard InChI is InChI=1S/C10H16N4O2/c1-6(5-11)9(15)13-8-4-7(2)12-10(14-8)16-3/h4,6H,5,11H2,1-3H3,(H,12,13,14,15). The number of nitrogens with one attached hydrogen (secondary N) is 1. The van der Waals surface area contributed by atoms with Crippen molar-refractivity contribution in [3.05, 3.63) is 11.8 Å². The maximum atomic E-state index is 11.6. The zero-order valence-electron chi connectivity index (χ0n) is 9.65. The van der Waals surface area contributed by atoms with Crippen LogP contribution in [-0.4, -0.2) is 29.5 Å². The molecule has 1 amide bonds. The van der Waals surface area contributed by atoms with E-state index in [1.165, 1.54) is 7.11 Å². The van der Waals surface area contributed by atoms with Crippen LogP contribution in [0, 0.1) is 12.8 Å². The SMILES string of the molecule is COc1nc(C)cc(NC(=O)C(C)CN)n1. The predicted molar refractivity (Wildman–Crippen MR) is 60.2 cm³/mol. The molecule has 0 saturated carbocycles. The van der Waals surface area contributed by atoms with Gasteiger partial charge in [0, 0.05) is 24.2 Å². The summed E-state index contributed by atoms with van der Waals surface area (Å²) in [6.07, 6.45) is 0. The minimum absolute atomic E-state index is 0.164. The van der Waals surface area contributed by atoms with Crippen LogP contribution < -0.4 is 15.8 Å². The van der Waals surface area contributed by atoms with E-state index in [4.69, 9.17) is 10.5 Å². The first-order chi connectivity index (χ1) is 7.56. The average molecular weight is 224 g/mol. The van der Waals surface area contributed by atoms with Crippen LogP contribution in [-0.2, 0) is 4.79 Å². The van der Waals surface area contributed by atoms with Gasteiger partial charge in [0.05, 0.1) is 7.11 Å². The second-order valence-corrected chi connectivity index (χ2v) is 3.51. The molecule has 1 heterocycles. The minimum atomic E-state index is -0.249. The van der Waals surface area contributed by atoms with Gasteiger partial charge in [0.1, 0.15) is 5.82 Å². The number of carbonyl (C=O) groups excluding carboxylic acids is 1. The third-order valence-electron chi connectivity index (χ3n) is 2.07. The highest BCUT2D eigenvalue weighted by molar-refractivity contribution is 5.91. The van der Waals surface area contributed by atoms with Crippen molar-refractivity contribution in [2.24, 2.45) is 11.7 Å². The predicted octanol–water partition coefficient (Wildman–Crippen LogP) is 0.327. The molecule has 1 aromatic rings. The molecule has 88 valence electrons. The number of carbonyl (C=O) groups is 1. The zero-order valence-corrected chi connectivity index (χ0v) is 9.65. The monoisotopic (exact) mass is 224 g/mol. The van der Waals surface area contributed by atoms with Gasteiger partial charge in [-0.25, -0.2) is 4.98 Å². The molecule has 3 N–H and O–H groups in total. The number of nitrogens with two attached hydrogens (primary N) is 1. The van der Waals surface area contributed by atoms with Crippen LogP contribution in [0.3, 0.4) is 0 Å². The van der Waals surface area contributed by atoms with Crippen molar-refractivity contribution in [3.8, 4) is 6.01 Å². The van der Waals surface area contributed by atoms with Gasteiger partial charge < -0.3 is 15.8 Å². The van der Waals surface area contributed by atoms with Crippen LogP contribution in [0.1, 0.15) is 12.6 Å². The molecule has 0 aliphatic rings. The zero-order chi connectivity index (χ0) is 12.1. The first-order valence-electron chi connectivity index (χ1n) is 4.97. The topological polar surface area (TPSA) is 90.1 Å². The molecule has 0 radical (unpaired) electrons. The summed E-state index contributed by atoms with van der Waals surface area (Å²) < 4.78 is 4.91. The van der Waals surface area contributed by atoms with E-state index in [1.54, 1.807) is 19.9 Å². The van der Waals surface area contributed by atoms with Gasteiger partial charge in [-0.3, -0.25) is 4.79 Å². The van der Waals surface area contributed by atoms with Crippen LogP contribution in [0.2, 0.25) is 0 Å². The number of nitrogens with zero attached hydrogens (tertiary/aromatic N) is 2. The first-order valence-corrected chi connectivity index (χ1v) is 4.97. The van der Waals surface area contributed by atoms with Crippen LogP contribution in [0.15, 0.2) is 6.07 Å². The van der Waals surface area contributed by atoms with Crippen molar-refractivity contribution < 1.29 is 9.53 Å². The van der Waals surface area contributed by atoms with Gasteiger partial charge >= 0.3 is 6.01 Å². The minimum Gasteiger partial charge on any atom is -0.467 e. The van der Waals surface area contributed by atoms with Gasteiger partial charge in [-0.2, -0.15) is 4.98 Å². The summed E-state index contributed by atoms with van der Waals surface area (Å²) in [7, 11) is 1.48. The van der Waals surface area contributed by atoms with E-state index >= 15 is 0 Å². The van der Waals surface area contributed by atoms with E-state index in [-0.39, 0.29) is 17.8 Å². The number of anilines is 1. The fraction of sp³-hybridized carbons (Fsp3) is 0.500. The van der Waals surface area contributed by atoms with Crippen molar-refractivity contribution >= 4 is 11.7 Å². The second kappa shape index (κ2) is 5.41. The molecular formula is C10H16N4O2. The number of aromatic nitrogens is 2. The van der Waals surface area contributed by atoms with Gasteiger partial charge in [-0.05, 0) is 6.92 Å². The number of hydrogen-bond donors (Lipinski definition) is 2. The Bertz CT molecular complexity index is 381. The second-order valence-electron chi connectivity index (χ2n) is 3.51. The first kappa shape index (κ1) is 12.4. The molecule has 0 saturated heterocycles. The Morgan fingerprint density at radius 3 is 2.88 bits per heavy atom. The molecule has 0 aliphatic heterocycles. The van der Waals surface area contributed by atoms with Gasteiger partial charge in [0.15, 0.2) is 0 Å². The molecule has 1 atom stereocenters. The Morgan fingerprint density at radius 1 is 1.62 bits per heavy atom. The number of rotatable bonds is 4. The van der Waals surface area contributed by atoms with E-state index in [0.717, 1.165) is 5.69 Å². The molecule has 0 aliphatic carbocycles. The van der Waals surface area contributed by atoms with E-state index in [9.17, 15) is 4.79 Å². The van der Waals surface area contributed by atoms with Crippen molar-refractivity contribution in [3.63, 3.8) is 0 Å². The van der Waals surface area contributed by atoms with Crippen LogP contribution >= 0.6 is 0 Å². The van der Waals surface area contributed by atoms with E-state index in [0.29, 0.717) is 12.4 Å². The van der Waals surface area contributed by atoms with Crippen molar-refractivity contribution in [2.45, 2.75) is 13.8 Å². The van der Waals surface area contributed by atoms with Gasteiger partial charge in [0.25, 0.3) is 0 Å². The number of amides is 1. The fourth-order valence-electron chi connectivity index (χ4n) is 1.05. The highest BCUT2D eigenvalue weighted by Crippen LogP contribution is 2.11. The summed E-state index contributed by atoms with van der Waals surface area (Å²) in [5.74, 6) is 0.0126. The molecule has 0 bridgehead atoms. The lowest BCUT2D eigenvalue weighted by Crippen LogP contribution is -2.27. The lowest BCUT2D eigenvalue weighted by Gasteiger charge is -2.10. The molecule has 0 aromatic carbocycles. The Morgan fingerprint density at radius 2 is 2.31 bits per heavy atom. The molecule has 6 heteroatoms. The number of methoxy groups -OCH3 is 1. The summed E-state index contributed by atoms with van der Waals surface area (Å²) in [6, 6.07) is 1.90. The third kappa shape index (κ3) is 3.16. The summed E-state index contributed by atoms with van der Waals surface area (Å²) in [5.41, 5.74) is 6.12. The Kier molecular flexibility index (Phi) is 4.19. The van der Waals surface area contributed by atoms with E-state index < -0.39 is 0 Å². The fourth-order valence-corrected chi connectivity index (χ4v) is 1.05. The van der Waals surface area contributed by atoms with Crippen LogP contribution in [0.25, 0.3) is 0 Å². The Labute approximate surface area is 94.2 Å².